The van der Waals surface area contributed by atoms with Gasteiger partial charge in [-0.15, -0.1) is 0 Å². The predicted molar refractivity (Wildman–Crippen MR) is 78.9 cm³/mol. The van der Waals surface area contributed by atoms with E-state index >= 15 is 0 Å². The molecule has 1 aliphatic carbocycles. The zero-order valence-corrected chi connectivity index (χ0v) is 12.5. The second kappa shape index (κ2) is 4.25. The molecule has 3 aliphatic heterocycles. The summed E-state index contributed by atoms with van der Waals surface area (Å²) < 4.78 is 16.6. The van der Waals surface area contributed by atoms with Crippen LogP contribution in [-0.2, 0) is 10.2 Å². The Morgan fingerprint density at radius 2 is 2.14 bits per heavy atom. The number of benzene rings is 1. The second-order valence-electron chi connectivity index (χ2n) is 6.58. The molecule has 5 nitrogen and oxygen atoms in total. The summed E-state index contributed by atoms with van der Waals surface area (Å²) in [6.07, 6.45) is 5.95. The summed E-state index contributed by atoms with van der Waals surface area (Å²) in [5, 5.41) is 10.8. The van der Waals surface area contributed by atoms with Crippen LogP contribution in [-0.4, -0.2) is 42.6 Å². The Hall–Kier alpha value is -1.56. The Morgan fingerprint density at radius 3 is 2.95 bits per heavy atom. The first-order valence-corrected chi connectivity index (χ1v) is 7.83. The minimum Gasteiger partial charge on any atom is -0.454 e. The van der Waals surface area contributed by atoms with E-state index in [4.69, 9.17) is 14.2 Å². The van der Waals surface area contributed by atoms with Crippen LogP contribution in [0.25, 0.3) is 0 Å². The topological polar surface area (TPSA) is 51.2 Å². The molecular weight excluding hydrogens is 282 g/mol. The number of fused-ring (bicyclic) bond motifs is 2. The predicted octanol–water partition coefficient (Wildman–Crippen LogP) is 1.71. The highest BCUT2D eigenvalue weighted by atomic mass is 16.7. The zero-order chi connectivity index (χ0) is 14.9. The average Bonchev–Trinajstić information content (AvgIpc) is 3.13. The smallest absolute Gasteiger partial charge is 0.231 e. The van der Waals surface area contributed by atoms with Crippen molar-refractivity contribution in [1.82, 2.24) is 4.90 Å². The van der Waals surface area contributed by atoms with Crippen LogP contribution in [0.1, 0.15) is 30.2 Å². The highest BCUT2D eigenvalue weighted by Crippen LogP contribution is 2.56. The second-order valence-corrected chi connectivity index (χ2v) is 6.58. The molecule has 0 aromatic heterocycles. The first-order chi connectivity index (χ1) is 10.7. The maximum absolute atomic E-state index is 10.8. The van der Waals surface area contributed by atoms with E-state index in [9.17, 15) is 5.11 Å². The van der Waals surface area contributed by atoms with Gasteiger partial charge in [-0.3, -0.25) is 4.90 Å². The highest BCUT2D eigenvalue weighted by Gasteiger charge is 2.56. The number of methoxy groups -OCH3 is 1. The maximum Gasteiger partial charge on any atom is 0.231 e. The Bertz CT molecular complexity index is 673. The maximum atomic E-state index is 10.8. The number of hydrogen-bond donors (Lipinski definition) is 1. The van der Waals surface area contributed by atoms with Crippen molar-refractivity contribution in [3.8, 4) is 11.5 Å². The molecule has 0 radical (unpaired) electrons. The summed E-state index contributed by atoms with van der Waals surface area (Å²) in [5.74, 6) is 1.53. The van der Waals surface area contributed by atoms with Crippen LogP contribution in [0.15, 0.2) is 24.3 Å². The van der Waals surface area contributed by atoms with E-state index in [-0.39, 0.29) is 24.4 Å². The van der Waals surface area contributed by atoms with Crippen molar-refractivity contribution < 1.29 is 19.3 Å². The lowest BCUT2D eigenvalue weighted by atomic mass is 9.66. The summed E-state index contributed by atoms with van der Waals surface area (Å²) in [7, 11) is 1.75. The van der Waals surface area contributed by atoms with E-state index in [1.54, 1.807) is 7.11 Å². The first kappa shape index (κ1) is 12.9. The molecule has 1 aromatic rings. The van der Waals surface area contributed by atoms with Gasteiger partial charge in [0.05, 0.1) is 6.10 Å². The summed E-state index contributed by atoms with van der Waals surface area (Å²) >= 11 is 0. The lowest BCUT2D eigenvalue weighted by Gasteiger charge is -2.47. The molecule has 5 heteroatoms. The van der Waals surface area contributed by atoms with Gasteiger partial charge in [0, 0.05) is 30.7 Å². The molecule has 1 saturated heterocycles. The Labute approximate surface area is 129 Å². The van der Waals surface area contributed by atoms with Crippen molar-refractivity contribution >= 4 is 0 Å². The molecule has 4 aliphatic rings. The molecule has 1 fully saturated rings. The third-order valence-corrected chi connectivity index (χ3v) is 5.78. The standard InChI is InChI=1S/C17H19NO4/c1-20-10-2-3-17-4-5-18(15(17)6-10)16(19)11-7-13-14(8-12(11)17)22-9-21-13/h2-3,7-8,10,15-16,19H,4-6,9H2,1H3/t10-,15?,16+,17+/m0/s1. The lowest BCUT2D eigenvalue weighted by molar-refractivity contribution is -0.0399. The minimum absolute atomic E-state index is 0.0371. The molecule has 2 unspecified atom stereocenters. The third-order valence-electron chi connectivity index (χ3n) is 5.78. The molecule has 2 bridgehead atoms. The third kappa shape index (κ3) is 1.44. The van der Waals surface area contributed by atoms with Gasteiger partial charge in [0.1, 0.15) is 6.23 Å². The van der Waals surface area contributed by atoms with Crippen molar-refractivity contribution in [3.63, 3.8) is 0 Å². The monoisotopic (exact) mass is 301 g/mol. The van der Waals surface area contributed by atoms with Gasteiger partial charge in [-0.25, -0.2) is 0 Å². The van der Waals surface area contributed by atoms with Gasteiger partial charge in [0.15, 0.2) is 11.5 Å². The van der Waals surface area contributed by atoms with E-state index in [0.29, 0.717) is 0 Å². The number of ether oxygens (including phenoxy) is 3. The number of aliphatic hydroxyl groups is 1. The molecule has 5 rings (SSSR count). The molecule has 1 aromatic carbocycles. The Morgan fingerprint density at radius 1 is 1.32 bits per heavy atom. The summed E-state index contributed by atoms with van der Waals surface area (Å²) in [5.41, 5.74) is 2.11. The van der Waals surface area contributed by atoms with E-state index < -0.39 is 6.23 Å². The van der Waals surface area contributed by atoms with Crippen molar-refractivity contribution in [2.75, 3.05) is 20.4 Å². The van der Waals surface area contributed by atoms with Crippen LogP contribution in [0.3, 0.4) is 0 Å². The Kier molecular flexibility index (Phi) is 2.50. The lowest BCUT2D eigenvalue weighted by Crippen LogP contribution is -2.51. The number of aliphatic hydroxyl groups excluding tert-OH is 1. The van der Waals surface area contributed by atoms with Gasteiger partial charge >= 0.3 is 0 Å². The van der Waals surface area contributed by atoms with Crippen molar-refractivity contribution in [1.29, 1.82) is 0 Å². The van der Waals surface area contributed by atoms with E-state index in [2.05, 4.69) is 23.1 Å². The minimum atomic E-state index is -0.575. The molecule has 0 amide bonds. The fraction of sp³-hybridized carbons (Fsp3) is 0.529. The van der Waals surface area contributed by atoms with E-state index in [0.717, 1.165) is 36.4 Å². The summed E-state index contributed by atoms with van der Waals surface area (Å²) in [4.78, 5) is 2.21. The fourth-order valence-electron chi connectivity index (χ4n) is 4.67. The van der Waals surface area contributed by atoms with Gasteiger partial charge in [-0.2, -0.15) is 0 Å². The van der Waals surface area contributed by atoms with Crippen LogP contribution in [0.5, 0.6) is 11.5 Å². The molecule has 116 valence electrons. The van der Waals surface area contributed by atoms with Crippen molar-refractivity contribution in [3.05, 3.63) is 35.4 Å². The quantitative estimate of drug-likeness (QED) is 0.800. The van der Waals surface area contributed by atoms with Gasteiger partial charge in [0.2, 0.25) is 6.79 Å². The normalized spacial score (nSPS) is 40.5. The molecular formula is C17H19NO4. The zero-order valence-electron chi connectivity index (χ0n) is 12.5. The summed E-state index contributed by atoms with van der Waals surface area (Å²) in [6, 6.07) is 4.31. The molecule has 22 heavy (non-hydrogen) atoms. The van der Waals surface area contributed by atoms with Crippen molar-refractivity contribution in [2.45, 2.75) is 36.6 Å². The highest BCUT2D eigenvalue weighted by molar-refractivity contribution is 5.56. The van der Waals surface area contributed by atoms with E-state index in [1.807, 2.05) is 6.07 Å². The molecule has 3 heterocycles. The van der Waals surface area contributed by atoms with Gasteiger partial charge in [-0.1, -0.05) is 12.2 Å². The SMILES string of the molecule is CO[C@H]1C=C[C@]23CCN(C2C1)[C@H](O)c1cc2c(cc13)OCO2. The van der Waals surface area contributed by atoms with Crippen molar-refractivity contribution in [2.24, 2.45) is 0 Å². The van der Waals surface area contributed by atoms with E-state index in [1.165, 1.54) is 5.56 Å². The summed E-state index contributed by atoms with van der Waals surface area (Å²) in [6.45, 7) is 1.16. The van der Waals surface area contributed by atoms with Crippen LogP contribution in [0.4, 0.5) is 0 Å². The van der Waals surface area contributed by atoms with Crippen LogP contribution in [0, 0.1) is 0 Å². The Balaban J connectivity index is 1.72. The number of nitrogens with zero attached hydrogens (tertiary/aromatic N) is 1. The largest absolute Gasteiger partial charge is 0.454 e. The van der Waals surface area contributed by atoms with Crippen LogP contribution < -0.4 is 9.47 Å². The number of rotatable bonds is 1. The molecule has 5 atom stereocenters. The van der Waals surface area contributed by atoms with Gasteiger partial charge in [0.25, 0.3) is 0 Å². The molecule has 1 N–H and O–H groups in total. The average molecular weight is 301 g/mol. The molecule has 0 spiro atoms. The van der Waals surface area contributed by atoms with Gasteiger partial charge < -0.3 is 19.3 Å². The first-order valence-electron chi connectivity index (χ1n) is 7.83. The van der Waals surface area contributed by atoms with Gasteiger partial charge in [-0.05, 0) is 30.5 Å². The van der Waals surface area contributed by atoms with Crippen LogP contribution >= 0.6 is 0 Å². The fourth-order valence-corrected chi connectivity index (χ4v) is 4.67. The van der Waals surface area contributed by atoms with Crippen LogP contribution in [0.2, 0.25) is 0 Å². The number of hydrogen-bond acceptors (Lipinski definition) is 5. The molecule has 0 saturated carbocycles.